The van der Waals surface area contributed by atoms with Crippen molar-refractivity contribution in [3.05, 3.63) is 58.3 Å². The summed E-state index contributed by atoms with van der Waals surface area (Å²) in [5, 5.41) is 4.48. The molecule has 1 amide bonds. The molecule has 3 rings (SSSR count). The Morgan fingerprint density at radius 2 is 1.93 bits per heavy atom. The zero-order valence-electron chi connectivity index (χ0n) is 15.6. The predicted molar refractivity (Wildman–Crippen MR) is 106 cm³/mol. The first kappa shape index (κ1) is 19.1. The Bertz CT molecular complexity index is 964. The van der Waals surface area contributed by atoms with Gasteiger partial charge in [-0.15, -0.1) is 0 Å². The van der Waals surface area contributed by atoms with E-state index in [0.29, 0.717) is 29.5 Å². The van der Waals surface area contributed by atoms with Gasteiger partial charge in [0.05, 0.1) is 26.9 Å². The summed E-state index contributed by atoms with van der Waals surface area (Å²) in [7, 11) is 3.21. The normalized spacial score (nSPS) is 10.8. The minimum absolute atomic E-state index is 0.0603. The first-order valence-electron chi connectivity index (χ1n) is 8.65. The number of aryl methyl sites for hydroxylation is 1. The molecule has 27 heavy (non-hydrogen) atoms. The smallest absolute Gasteiger partial charge is 0.224 e. The summed E-state index contributed by atoms with van der Waals surface area (Å²) in [6, 6.07) is 9.47. The molecule has 142 valence electrons. The van der Waals surface area contributed by atoms with Crippen LogP contribution in [0, 0.1) is 6.92 Å². The van der Waals surface area contributed by atoms with Crippen LogP contribution in [-0.4, -0.2) is 26.7 Å². The van der Waals surface area contributed by atoms with Gasteiger partial charge in [-0.3, -0.25) is 4.79 Å². The first-order valence-corrected chi connectivity index (χ1v) is 9.03. The molecule has 6 heteroatoms. The lowest BCUT2D eigenvalue weighted by molar-refractivity contribution is -0.120. The van der Waals surface area contributed by atoms with E-state index in [2.05, 4.69) is 5.32 Å². The van der Waals surface area contributed by atoms with Gasteiger partial charge in [0.25, 0.3) is 0 Å². The van der Waals surface area contributed by atoms with E-state index in [0.717, 1.165) is 27.7 Å². The van der Waals surface area contributed by atoms with Crippen LogP contribution in [0.4, 0.5) is 0 Å². The molecule has 5 nitrogen and oxygen atoms in total. The third kappa shape index (κ3) is 4.37. The Morgan fingerprint density at radius 1 is 1.15 bits per heavy atom. The number of nitrogens with one attached hydrogen (secondary N) is 1. The fourth-order valence-electron chi connectivity index (χ4n) is 2.96. The molecule has 1 heterocycles. The van der Waals surface area contributed by atoms with Crippen molar-refractivity contribution in [2.45, 2.75) is 19.8 Å². The Hall–Kier alpha value is -2.66. The zero-order valence-corrected chi connectivity index (χ0v) is 16.4. The van der Waals surface area contributed by atoms with Crippen LogP contribution in [0.15, 0.2) is 41.0 Å². The molecule has 0 radical (unpaired) electrons. The highest BCUT2D eigenvalue weighted by atomic mass is 35.5. The summed E-state index contributed by atoms with van der Waals surface area (Å²) in [4.78, 5) is 12.3. The maximum atomic E-state index is 12.3. The lowest BCUT2D eigenvalue weighted by Gasteiger charge is -2.10. The van der Waals surface area contributed by atoms with Gasteiger partial charge < -0.3 is 19.2 Å². The number of fused-ring (bicyclic) bond motifs is 1. The van der Waals surface area contributed by atoms with Crippen molar-refractivity contribution < 1.29 is 18.7 Å². The number of halogens is 1. The number of carbonyl (C=O) groups is 1. The van der Waals surface area contributed by atoms with Crippen LogP contribution in [0.25, 0.3) is 11.0 Å². The number of methoxy groups -OCH3 is 2. The summed E-state index contributed by atoms with van der Waals surface area (Å²) in [5.74, 6) is 1.30. The minimum atomic E-state index is -0.0603. The van der Waals surface area contributed by atoms with Crippen molar-refractivity contribution in [1.82, 2.24) is 5.32 Å². The molecule has 2 aromatic carbocycles. The van der Waals surface area contributed by atoms with Gasteiger partial charge in [0.2, 0.25) is 5.91 Å². The number of rotatable bonds is 7. The summed E-state index contributed by atoms with van der Waals surface area (Å²) >= 11 is 6.19. The second kappa shape index (κ2) is 8.35. The highest BCUT2D eigenvalue weighted by Crippen LogP contribution is 2.28. The fourth-order valence-corrected chi connectivity index (χ4v) is 3.12. The number of furan rings is 1. The molecule has 0 bridgehead atoms. The standard InChI is InChI=1S/C21H22ClNO4/c1-13-8-19-16(11-17(13)22)15(12-27-19)10-21(24)23-7-6-14-4-5-18(25-2)20(9-14)26-3/h4-5,8-9,11-12H,6-7,10H2,1-3H3,(H,23,24). The number of amides is 1. The third-order valence-electron chi connectivity index (χ3n) is 4.47. The quantitative estimate of drug-likeness (QED) is 0.656. The van der Waals surface area contributed by atoms with E-state index < -0.39 is 0 Å². The van der Waals surface area contributed by atoms with E-state index in [1.54, 1.807) is 20.5 Å². The molecule has 0 fully saturated rings. The minimum Gasteiger partial charge on any atom is -0.493 e. The highest BCUT2D eigenvalue weighted by molar-refractivity contribution is 6.32. The number of ether oxygens (including phenoxy) is 2. The first-order chi connectivity index (χ1) is 13.0. The molecule has 3 aromatic rings. The highest BCUT2D eigenvalue weighted by Gasteiger charge is 2.12. The maximum absolute atomic E-state index is 12.3. The number of hydrogen-bond acceptors (Lipinski definition) is 4. The van der Waals surface area contributed by atoms with Crippen LogP contribution in [0.2, 0.25) is 5.02 Å². The molecule has 1 aromatic heterocycles. The average Bonchev–Trinajstić information content (AvgIpc) is 3.03. The van der Waals surface area contributed by atoms with Gasteiger partial charge in [0, 0.05) is 22.5 Å². The van der Waals surface area contributed by atoms with Crippen molar-refractivity contribution in [1.29, 1.82) is 0 Å². The zero-order chi connectivity index (χ0) is 19.4. The van der Waals surface area contributed by atoms with E-state index >= 15 is 0 Å². The molecule has 1 N–H and O–H groups in total. The largest absolute Gasteiger partial charge is 0.493 e. The summed E-state index contributed by atoms with van der Waals surface area (Å²) < 4.78 is 16.1. The number of carbonyl (C=O) groups excluding carboxylic acids is 1. The molecular weight excluding hydrogens is 366 g/mol. The van der Waals surface area contributed by atoms with Crippen LogP contribution in [0.3, 0.4) is 0 Å². The molecule has 0 spiro atoms. The van der Waals surface area contributed by atoms with Crippen LogP contribution in [0.5, 0.6) is 11.5 Å². The van der Waals surface area contributed by atoms with E-state index in [-0.39, 0.29) is 12.3 Å². The van der Waals surface area contributed by atoms with Crippen LogP contribution >= 0.6 is 11.6 Å². The van der Waals surface area contributed by atoms with Crippen molar-refractivity contribution in [2.75, 3.05) is 20.8 Å². The molecule has 0 saturated heterocycles. The lowest BCUT2D eigenvalue weighted by atomic mass is 10.1. The Balaban J connectivity index is 1.58. The SMILES string of the molecule is COc1ccc(CCNC(=O)Cc2coc3cc(C)c(Cl)cc23)cc1OC. The Kier molecular flexibility index (Phi) is 5.91. The van der Waals surface area contributed by atoms with Gasteiger partial charge in [0.15, 0.2) is 11.5 Å². The van der Waals surface area contributed by atoms with E-state index in [1.807, 2.05) is 37.3 Å². The van der Waals surface area contributed by atoms with Crippen molar-refractivity contribution >= 4 is 28.5 Å². The van der Waals surface area contributed by atoms with Crippen molar-refractivity contribution in [3.8, 4) is 11.5 Å². The third-order valence-corrected chi connectivity index (χ3v) is 4.88. The summed E-state index contributed by atoms with van der Waals surface area (Å²) in [5.41, 5.74) is 3.58. The second-order valence-electron chi connectivity index (χ2n) is 6.32. The maximum Gasteiger partial charge on any atom is 0.224 e. The van der Waals surface area contributed by atoms with E-state index in [4.69, 9.17) is 25.5 Å². The van der Waals surface area contributed by atoms with Crippen LogP contribution < -0.4 is 14.8 Å². The summed E-state index contributed by atoms with van der Waals surface area (Å²) in [6.45, 7) is 2.45. The van der Waals surface area contributed by atoms with Gasteiger partial charge in [-0.2, -0.15) is 0 Å². The second-order valence-corrected chi connectivity index (χ2v) is 6.73. The van der Waals surface area contributed by atoms with Gasteiger partial charge in [0.1, 0.15) is 5.58 Å². The molecule has 0 atom stereocenters. The van der Waals surface area contributed by atoms with Gasteiger partial charge in [-0.25, -0.2) is 0 Å². The van der Waals surface area contributed by atoms with Crippen LogP contribution in [-0.2, 0) is 17.6 Å². The number of hydrogen-bond donors (Lipinski definition) is 1. The lowest BCUT2D eigenvalue weighted by Crippen LogP contribution is -2.27. The molecule has 0 unspecified atom stereocenters. The monoisotopic (exact) mass is 387 g/mol. The van der Waals surface area contributed by atoms with Gasteiger partial charge in [-0.05, 0) is 48.7 Å². The number of benzene rings is 2. The molecule has 0 aliphatic heterocycles. The fraction of sp³-hybridized carbons (Fsp3) is 0.286. The average molecular weight is 388 g/mol. The molecule has 0 aliphatic rings. The van der Waals surface area contributed by atoms with E-state index in [9.17, 15) is 4.79 Å². The molecular formula is C21H22ClNO4. The molecule has 0 aliphatic carbocycles. The van der Waals surface area contributed by atoms with Gasteiger partial charge in [-0.1, -0.05) is 17.7 Å². The van der Waals surface area contributed by atoms with E-state index in [1.165, 1.54) is 0 Å². The van der Waals surface area contributed by atoms with Crippen LogP contribution in [0.1, 0.15) is 16.7 Å². The molecule has 0 saturated carbocycles. The van der Waals surface area contributed by atoms with Crippen molar-refractivity contribution in [2.24, 2.45) is 0 Å². The topological polar surface area (TPSA) is 60.7 Å². The Morgan fingerprint density at radius 3 is 2.67 bits per heavy atom. The summed E-state index contributed by atoms with van der Waals surface area (Å²) in [6.07, 6.45) is 2.57. The predicted octanol–water partition coefficient (Wildman–Crippen LogP) is 4.31. The Labute approximate surface area is 163 Å². The van der Waals surface area contributed by atoms with Crippen molar-refractivity contribution in [3.63, 3.8) is 0 Å². The van der Waals surface area contributed by atoms with Gasteiger partial charge >= 0.3 is 0 Å².